The molecule has 2 nitrogen and oxygen atoms in total. The molecule has 0 radical (unpaired) electrons. The van der Waals surface area contributed by atoms with Gasteiger partial charge in [0.2, 0.25) is 0 Å². The molecule has 1 N–H and O–H groups in total. The van der Waals surface area contributed by atoms with Gasteiger partial charge in [0, 0.05) is 17.4 Å². The third-order valence-corrected chi connectivity index (χ3v) is 3.92. The van der Waals surface area contributed by atoms with Crippen molar-refractivity contribution in [2.45, 2.75) is 25.1 Å². The van der Waals surface area contributed by atoms with Gasteiger partial charge in [0.05, 0.1) is 6.54 Å². The highest BCUT2D eigenvalue weighted by Crippen LogP contribution is 2.22. The monoisotopic (exact) mass is 256 g/mol. The fourth-order valence-corrected chi connectivity index (χ4v) is 2.51. The van der Waals surface area contributed by atoms with E-state index in [4.69, 9.17) is 0 Å². The summed E-state index contributed by atoms with van der Waals surface area (Å²) < 4.78 is 26.3. The molecule has 17 heavy (non-hydrogen) atoms. The standard InChI is InChI=1S/C12H14F2N2S/c1-2-10-7-16-12(17-10)15-6-8-5-9(13)3-4-11(8)14/h3-5,10H,2,6-7H2,1H3,(H,15,16). The summed E-state index contributed by atoms with van der Waals surface area (Å²) in [6, 6.07) is 3.47. The Morgan fingerprint density at radius 3 is 3.00 bits per heavy atom. The molecule has 1 aliphatic rings. The predicted molar refractivity (Wildman–Crippen MR) is 67.2 cm³/mol. The van der Waals surface area contributed by atoms with Gasteiger partial charge in [-0.25, -0.2) is 8.78 Å². The molecule has 0 bridgehead atoms. The van der Waals surface area contributed by atoms with Gasteiger partial charge in [-0.2, -0.15) is 0 Å². The van der Waals surface area contributed by atoms with Crippen molar-refractivity contribution in [3.05, 3.63) is 35.4 Å². The van der Waals surface area contributed by atoms with Gasteiger partial charge in [-0.15, -0.1) is 0 Å². The summed E-state index contributed by atoms with van der Waals surface area (Å²) in [5.41, 5.74) is 0.327. The third-order valence-electron chi connectivity index (χ3n) is 2.61. The van der Waals surface area contributed by atoms with Crippen LogP contribution in [-0.4, -0.2) is 17.0 Å². The number of nitrogens with one attached hydrogen (secondary N) is 1. The van der Waals surface area contributed by atoms with Crippen LogP contribution in [0.4, 0.5) is 8.78 Å². The van der Waals surface area contributed by atoms with Crippen molar-refractivity contribution in [2.24, 2.45) is 4.99 Å². The van der Waals surface area contributed by atoms with Gasteiger partial charge in [0.15, 0.2) is 5.17 Å². The molecule has 1 atom stereocenters. The number of halogens is 2. The van der Waals surface area contributed by atoms with Crippen LogP contribution in [0.25, 0.3) is 0 Å². The lowest BCUT2D eigenvalue weighted by molar-refractivity contribution is 0.582. The summed E-state index contributed by atoms with van der Waals surface area (Å²) in [4.78, 5) is 4.31. The zero-order chi connectivity index (χ0) is 12.3. The summed E-state index contributed by atoms with van der Waals surface area (Å²) in [5.74, 6) is -0.815. The molecule has 0 saturated heterocycles. The largest absolute Gasteiger partial charge is 0.361 e. The molecule has 1 aromatic carbocycles. The van der Waals surface area contributed by atoms with E-state index in [2.05, 4.69) is 17.2 Å². The number of benzene rings is 1. The molecule has 0 spiro atoms. The van der Waals surface area contributed by atoms with Crippen LogP contribution in [0.3, 0.4) is 0 Å². The second-order valence-electron chi connectivity index (χ2n) is 3.88. The summed E-state index contributed by atoms with van der Waals surface area (Å²) in [7, 11) is 0. The molecular weight excluding hydrogens is 242 g/mol. The number of nitrogens with zero attached hydrogens (tertiary/aromatic N) is 1. The first-order valence-corrected chi connectivity index (χ1v) is 6.46. The zero-order valence-corrected chi connectivity index (χ0v) is 10.4. The fourth-order valence-electron chi connectivity index (χ4n) is 1.58. The van der Waals surface area contributed by atoms with Gasteiger partial charge in [0.1, 0.15) is 11.6 Å². The highest BCUT2D eigenvalue weighted by molar-refractivity contribution is 8.14. The average molecular weight is 256 g/mol. The number of thioether (sulfide) groups is 1. The van der Waals surface area contributed by atoms with E-state index < -0.39 is 11.6 Å². The Bertz CT molecular complexity index is 435. The maximum absolute atomic E-state index is 13.3. The van der Waals surface area contributed by atoms with Gasteiger partial charge in [0.25, 0.3) is 0 Å². The molecule has 0 fully saturated rings. The Morgan fingerprint density at radius 2 is 2.29 bits per heavy atom. The first kappa shape index (κ1) is 12.4. The Balaban J connectivity index is 1.92. The van der Waals surface area contributed by atoms with E-state index in [0.717, 1.165) is 30.3 Å². The van der Waals surface area contributed by atoms with Gasteiger partial charge < -0.3 is 5.32 Å². The Hall–Kier alpha value is -1.10. The highest BCUT2D eigenvalue weighted by atomic mass is 32.2. The van der Waals surface area contributed by atoms with E-state index in [9.17, 15) is 8.78 Å². The number of amidine groups is 1. The number of aliphatic imine (C=N–C) groups is 1. The number of hydrogen-bond donors (Lipinski definition) is 1. The van der Waals surface area contributed by atoms with Gasteiger partial charge in [-0.1, -0.05) is 18.7 Å². The van der Waals surface area contributed by atoms with E-state index in [1.807, 2.05) is 0 Å². The molecule has 0 saturated carbocycles. The van der Waals surface area contributed by atoms with Gasteiger partial charge >= 0.3 is 0 Å². The fraction of sp³-hybridized carbons (Fsp3) is 0.417. The van der Waals surface area contributed by atoms with Crippen molar-refractivity contribution in [1.82, 2.24) is 5.32 Å². The van der Waals surface area contributed by atoms with E-state index in [1.54, 1.807) is 11.8 Å². The maximum atomic E-state index is 13.3. The maximum Gasteiger partial charge on any atom is 0.157 e. The lowest BCUT2D eigenvalue weighted by Gasteiger charge is -2.08. The molecule has 1 aliphatic heterocycles. The van der Waals surface area contributed by atoms with Crippen LogP contribution in [0, 0.1) is 11.6 Å². The molecule has 0 aromatic heterocycles. The minimum atomic E-state index is -0.421. The SMILES string of the molecule is CCC1CN=C(NCc2cc(F)ccc2F)S1. The van der Waals surface area contributed by atoms with Crippen molar-refractivity contribution in [2.75, 3.05) is 6.54 Å². The van der Waals surface area contributed by atoms with Crippen LogP contribution in [0.2, 0.25) is 0 Å². The van der Waals surface area contributed by atoms with Crippen LogP contribution < -0.4 is 5.32 Å². The molecule has 1 heterocycles. The average Bonchev–Trinajstić information content (AvgIpc) is 2.78. The minimum Gasteiger partial charge on any atom is -0.361 e. The number of hydrogen-bond acceptors (Lipinski definition) is 3. The second-order valence-corrected chi connectivity index (χ2v) is 5.17. The Kier molecular flexibility index (Phi) is 3.99. The smallest absolute Gasteiger partial charge is 0.157 e. The van der Waals surface area contributed by atoms with Gasteiger partial charge in [-0.3, -0.25) is 4.99 Å². The number of rotatable bonds is 3. The van der Waals surface area contributed by atoms with Gasteiger partial charge in [-0.05, 0) is 24.6 Å². The van der Waals surface area contributed by atoms with Crippen molar-refractivity contribution in [1.29, 1.82) is 0 Å². The van der Waals surface area contributed by atoms with Crippen molar-refractivity contribution < 1.29 is 8.78 Å². The minimum absolute atomic E-state index is 0.270. The zero-order valence-electron chi connectivity index (χ0n) is 9.54. The summed E-state index contributed by atoms with van der Waals surface area (Å²) >= 11 is 1.66. The molecule has 0 amide bonds. The first-order valence-electron chi connectivity index (χ1n) is 5.58. The van der Waals surface area contributed by atoms with Crippen LogP contribution in [-0.2, 0) is 6.54 Å². The Labute approximate surface area is 104 Å². The van der Waals surface area contributed by atoms with E-state index in [0.29, 0.717) is 10.8 Å². The van der Waals surface area contributed by atoms with Crippen molar-refractivity contribution >= 4 is 16.9 Å². The quantitative estimate of drug-likeness (QED) is 0.899. The molecule has 0 aliphatic carbocycles. The summed E-state index contributed by atoms with van der Waals surface area (Å²) in [6.45, 7) is 3.18. The normalized spacial score (nSPS) is 19.2. The van der Waals surface area contributed by atoms with Crippen LogP contribution in [0.15, 0.2) is 23.2 Å². The van der Waals surface area contributed by atoms with Crippen LogP contribution in [0.5, 0.6) is 0 Å². The lowest BCUT2D eigenvalue weighted by Crippen LogP contribution is -2.19. The third kappa shape index (κ3) is 3.19. The summed E-state index contributed by atoms with van der Waals surface area (Å²) in [5, 5.41) is 4.37. The molecule has 1 unspecified atom stereocenters. The molecule has 5 heteroatoms. The first-order chi connectivity index (χ1) is 8.19. The van der Waals surface area contributed by atoms with Crippen molar-refractivity contribution in [3.8, 4) is 0 Å². The highest BCUT2D eigenvalue weighted by Gasteiger charge is 2.17. The topological polar surface area (TPSA) is 24.4 Å². The molecular formula is C12H14F2N2S. The van der Waals surface area contributed by atoms with E-state index in [1.165, 1.54) is 6.07 Å². The Morgan fingerprint density at radius 1 is 1.47 bits per heavy atom. The van der Waals surface area contributed by atoms with Crippen LogP contribution in [0.1, 0.15) is 18.9 Å². The van der Waals surface area contributed by atoms with E-state index >= 15 is 0 Å². The molecule has 1 aromatic rings. The summed E-state index contributed by atoms with van der Waals surface area (Å²) in [6.07, 6.45) is 1.06. The van der Waals surface area contributed by atoms with Crippen LogP contribution >= 0.6 is 11.8 Å². The molecule has 2 rings (SSSR count). The van der Waals surface area contributed by atoms with Crippen molar-refractivity contribution in [3.63, 3.8) is 0 Å². The lowest BCUT2D eigenvalue weighted by atomic mass is 10.2. The molecule has 92 valence electrons. The van der Waals surface area contributed by atoms with E-state index in [-0.39, 0.29) is 6.54 Å². The predicted octanol–water partition coefficient (Wildman–Crippen LogP) is 2.94. The second kappa shape index (κ2) is 5.49.